The van der Waals surface area contributed by atoms with Crippen molar-refractivity contribution in [2.45, 2.75) is 26.3 Å². The summed E-state index contributed by atoms with van der Waals surface area (Å²) in [5.74, 6) is 0.918. The standard InChI is InChI=1S/C13H17N3S/c1-9-5-12(14)7-15-13(9)16-10(2)6-11-3-4-17-8-11/h3-5,7-8,10H,6,14H2,1-2H3,(H,15,16). The largest absolute Gasteiger partial charge is 0.397 e. The van der Waals surface area contributed by atoms with E-state index in [1.807, 2.05) is 13.0 Å². The van der Waals surface area contributed by atoms with Crippen LogP contribution in [0.25, 0.3) is 0 Å². The van der Waals surface area contributed by atoms with Gasteiger partial charge in [0.15, 0.2) is 0 Å². The molecule has 90 valence electrons. The minimum atomic E-state index is 0.361. The fraction of sp³-hybridized carbons (Fsp3) is 0.308. The quantitative estimate of drug-likeness (QED) is 0.873. The van der Waals surface area contributed by atoms with E-state index in [9.17, 15) is 0 Å². The van der Waals surface area contributed by atoms with Gasteiger partial charge in [-0.1, -0.05) is 0 Å². The van der Waals surface area contributed by atoms with Gasteiger partial charge < -0.3 is 11.1 Å². The lowest BCUT2D eigenvalue weighted by Gasteiger charge is -2.15. The molecule has 3 nitrogen and oxygen atoms in total. The third-order valence-electron chi connectivity index (χ3n) is 2.60. The number of nitrogens with one attached hydrogen (secondary N) is 1. The van der Waals surface area contributed by atoms with Gasteiger partial charge in [-0.3, -0.25) is 0 Å². The molecule has 2 heterocycles. The SMILES string of the molecule is Cc1cc(N)cnc1NC(C)Cc1ccsc1. The molecule has 2 aromatic rings. The van der Waals surface area contributed by atoms with Crippen molar-refractivity contribution in [3.8, 4) is 0 Å². The Morgan fingerprint density at radius 2 is 2.35 bits per heavy atom. The number of nitrogens with zero attached hydrogens (tertiary/aromatic N) is 1. The normalized spacial score (nSPS) is 12.4. The first-order valence-corrected chi connectivity index (χ1v) is 6.59. The number of nitrogens with two attached hydrogens (primary N) is 1. The monoisotopic (exact) mass is 247 g/mol. The number of aromatic nitrogens is 1. The van der Waals surface area contributed by atoms with Gasteiger partial charge >= 0.3 is 0 Å². The van der Waals surface area contributed by atoms with E-state index in [2.05, 4.69) is 34.1 Å². The maximum atomic E-state index is 5.68. The van der Waals surface area contributed by atoms with Crippen LogP contribution in [-0.4, -0.2) is 11.0 Å². The summed E-state index contributed by atoms with van der Waals surface area (Å²) in [7, 11) is 0. The van der Waals surface area contributed by atoms with Crippen LogP contribution in [0.4, 0.5) is 11.5 Å². The van der Waals surface area contributed by atoms with Gasteiger partial charge in [0.05, 0.1) is 11.9 Å². The van der Waals surface area contributed by atoms with E-state index in [0.717, 1.165) is 17.8 Å². The number of hydrogen-bond donors (Lipinski definition) is 2. The number of pyridine rings is 1. The van der Waals surface area contributed by atoms with E-state index < -0.39 is 0 Å². The van der Waals surface area contributed by atoms with Crippen molar-refractivity contribution in [3.63, 3.8) is 0 Å². The molecule has 2 aromatic heterocycles. The van der Waals surface area contributed by atoms with Gasteiger partial charge in [0.1, 0.15) is 5.82 Å². The predicted octanol–water partition coefficient (Wildman–Crippen LogP) is 3.08. The Labute approximate surface area is 106 Å². The predicted molar refractivity (Wildman–Crippen MR) is 74.5 cm³/mol. The average Bonchev–Trinajstić information content (AvgIpc) is 2.75. The molecule has 1 unspecified atom stereocenters. The van der Waals surface area contributed by atoms with E-state index in [4.69, 9.17) is 5.73 Å². The van der Waals surface area contributed by atoms with Gasteiger partial charge in [0.2, 0.25) is 0 Å². The molecule has 0 aromatic carbocycles. The van der Waals surface area contributed by atoms with Crippen molar-refractivity contribution in [2.24, 2.45) is 0 Å². The molecule has 4 heteroatoms. The van der Waals surface area contributed by atoms with Crippen LogP contribution in [0.2, 0.25) is 0 Å². The zero-order chi connectivity index (χ0) is 12.3. The Hall–Kier alpha value is -1.55. The summed E-state index contributed by atoms with van der Waals surface area (Å²) in [5, 5.41) is 7.70. The second-order valence-corrected chi connectivity index (χ2v) is 5.10. The Morgan fingerprint density at radius 1 is 1.53 bits per heavy atom. The molecule has 0 spiro atoms. The van der Waals surface area contributed by atoms with Crippen molar-refractivity contribution >= 4 is 22.8 Å². The lowest BCUT2D eigenvalue weighted by molar-refractivity contribution is 0.785. The number of thiophene rings is 1. The minimum Gasteiger partial charge on any atom is -0.397 e. The second kappa shape index (κ2) is 5.19. The van der Waals surface area contributed by atoms with Crippen LogP contribution < -0.4 is 11.1 Å². The molecule has 3 N–H and O–H groups in total. The maximum Gasteiger partial charge on any atom is 0.129 e. The van der Waals surface area contributed by atoms with Gasteiger partial charge in [0.25, 0.3) is 0 Å². The Balaban J connectivity index is 2.00. The maximum absolute atomic E-state index is 5.68. The molecule has 0 aliphatic carbocycles. The van der Waals surface area contributed by atoms with Crippen molar-refractivity contribution in [1.29, 1.82) is 0 Å². The Bertz CT molecular complexity index is 479. The van der Waals surface area contributed by atoms with Crippen molar-refractivity contribution in [1.82, 2.24) is 4.98 Å². The van der Waals surface area contributed by atoms with Crippen LogP contribution in [-0.2, 0) is 6.42 Å². The highest BCUT2D eigenvalue weighted by molar-refractivity contribution is 7.07. The van der Waals surface area contributed by atoms with Crippen LogP contribution in [0.1, 0.15) is 18.1 Å². The van der Waals surface area contributed by atoms with E-state index in [1.54, 1.807) is 17.5 Å². The van der Waals surface area contributed by atoms with Gasteiger partial charge in [-0.25, -0.2) is 4.98 Å². The van der Waals surface area contributed by atoms with Crippen LogP contribution in [0.3, 0.4) is 0 Å². The van der Waals surface area contributed by atoms with Gasteiger partial charge in [-0.15, -0.1) is 0 Å². The second-order valence-electron chi connectivity index (χ2n) is 4.32. The number of hydrogen-bond acceptors (Lipinski definition) is 4. The Morgan fingerprint density at radius 3 is 3.00 bits per heavy atom. The van der Waals surface area contributed by atoms with Gasteiger partial charge in [-0.05, 0) is 54.3 Å². The molecule has 0 amide bonds. The highest BCUT2D eigenvalue weighted by Gasteiger charge is 2.07. The smallest absolute Gasteiger partial charge is 0.129 e. The summed E-state index contributed by atoms with van der Waals surface area (Å²) >= 11 is 1.73. The molecule has 0 bridgehead atoms. The van der Waals surface area contributed by atoms with Crippen LogP contribution in [0.15, 0.2) is 29.1 Å². The first-order valence-electron chi connectivity index (χ1n) is 5.65. The van der Waals surface area contributed by atoms with E-state index in [-0.39, 0.29) is 0 Å². The first kappa shape index (κ1) is 11.9. The molecule has 0 saturated heterocycles. The third kappa shape index (κ3) is 3.20. The van der Waals surface area contributed by atoms with Crippen LogP contribution in [0.5, 0.6) is 0 Å². The summed E-state index contributed by atoms with van der Waals surface area (Å²) in [4.78, 5) is 4.31. The van der Waals surface area contributed by atoms with Crippen molar-refractivity contribution in [2.75, 3.05) is 11.1 Å². The summed E-state index contributed by atoms with van der Waals surface area (Å²) in [6.45, 7) is 4.18. The average molecular weight is 247 g/mol. The third-order valence-corrected chi connectivity index (χ3v) is 3.34. The van der Waals surface area contributed by atoms with E-state index in [1.165, 1.54) is 5.56 Å². The fourth-order valence-corrected chi connectivity index (χ4v) is 2.48. The topological polar surface area (TPSA) is 50.9 Å². The van der Waals surface area contributed by atoms with Gasteiger partial charge in [0, 0.05) is 6.04 Å². The number of nitrogen functional groups attached to an aromatic ring is 1. The summed E-state index contributed by atoms with van der Waals surface area (Å²) in [6, 6.07) is 4.46. The van der Waals surface area contributed by atoms with Crippen molar-refractivity contribution in [3.05, 3.63) is 40.2 Å². The molecule has 0 aliphatic heterocycles. The fourth-order valence-electron chi connectivity index (χ4n) is 1.79. The molecule has 0 aliphatic rings. The highest BCUT2D eigenvalue weighted by Crippen LogP contribution is 2.16. The number of rotatable bonds is 4. The molecule has 1 atom stereocenters. The van der Waals surface area contributed by atoms with Crippen LogP contribution in [0, 0.1) is 6.92 Å². The van der Waals surface area contributed by atoms with Crippen LogP contribution >= 0.6 is 11.3 Å². The molecule has 0 radical (unpaired) electrons. The lowest BCUT2D eigenvalue weighted by atomic mass is 10.1. The first-order chi connectivity index (χ1) is 8.15. The highest BCUT2D eigenvalue weighted by atomic mass is 32.1. The number of anilines is 2. The molecule has 0 fully saturated rings. The molecule has 17 heavy (non-hydrogen) atoms. The van der Waals surface area contributed by atoms with Crippen molar-refractivity contribution < 1.29 is 0 Å². The summed E-state index contributed by atoms with van der Waals surface area (Å²) in [5.41, 5.74) is 8.84. The lowest BCUT2D eigenvalue weighted by Crippen LogP contribution is -2.19. The zero-order valence-corrected chi connectivity index (χ0v) is 10.9. The van der Waals surface area contributed by atoms with E-state index in [0.29, 0.717) is 11.7 Å². The van der Waals surface area contributed by atoms with E-state index >= 15 is 0 Å². The van der Waals surface area contributed by atoms with Gasteiger partial charge in [-0.2, -0.15) is 11.3 Å². The minimum absolute atomic E-state index is 0.361. The molecule has 0 saturated carbocycles. The molecular weight excluding hydrogens is 230 g/mol. The summed E-state index contributed by atoms with van der Waals surface area (Å²) in [6.07, 6.45) is 2.70. The zero-order valence-electron chi connectivity index (χ0n) is 10.1. The molecule has 2 rings (SSSR count). The number of aryl methyl sites for hydroxylation is 1. The summed E-state index contributed by atoms with van der Waals surface area (Å²) < 4.78 is 0. The molecular formula is C13H17N3S. The Kier molecular flexibility index (Phi) is 3.64.